The Kier molecular flexibility index (Phi) is 4.47. The Balaban J connectivity index is 1.82. The molecule has 2 aliphatic rings. The maximum Gasteiger partial charge on any atom is 0.294 e. The van der Waals surface area contributed by atoms with E-state index >= 15 is 0 Å². The zero-order valence-electron chi connectivity index (χ0n) is 9.74. The van der Waals surface area contributed by atoms with Gasteiger partial charge in [-0.15, -0.1) is 10.1 Å². The van der Waals surface area contributed by atoms with Gasteiger partial charge in [-0.25, -0.2) is 0 Å². The summed E-state index contributed by atoms with van der Waals surface area (Å²) in [7, 11) is 0. The fraction of sp³-hybridized carbons (Fsp3) is 1.00. The smallest absolute Gasteiger partial charge is 0.294 e. The van der Waals surface area contributed by atoms with Crippen LogP contribution >= 0.6 is 11.8 Å². The molecule has 2 aliphatic heterocycles. The summed E-state index contributed by atoms with van der Waals surface area (Å²) >= 11 is 1.83. The summed E-state index contributed by atoms with van der Waals surface area (Å²) in [6, 6.07) is 0. The van der Waals surface area contributed by atoms with Crippen LogP contribution in [0.3, 0.4) is 0 Å². The van der Waals surface area contributed by atoms with Gasteiger partial charge in [-0.3, -0.25) is 0 Å². The minimum atomic E-state index is -0.767. The molecule has 0 radical (unpaired) electrons. The second kappa shape index (κ2) is 5.88. The summed E-state index contributed by atoms with van der Waals surface area (Å²) in [5, 5.41) is 9.82. The molecule has 0 aromatic carbocycles. The largest absolute Gasteiger partial charge is 0.372 e. The Labute approximate surface area is 104 Å². The normalized spacial score (nSPS) is 35.8. The van der Waals surface area contributed by atoms with Crippen LogP contribution < -0.4 is 0 Å². The Morgan fingerprint density at radius 1 is 1.41 bits per heavy atom. The first-order chi connectivity index (χ1) is 8.22. The monoisotopic (exact) mass is 263 g/mol. The van der Waals surface area contributed by atoms with Crippen molar-refractivity contribution in [2.75, 3.05) is 19.0 Å². The van der Waals surface area contributed by atoms with Crippen LogP contribution in [-0.2, 0) is 14.3 Å². The van der Waals surface area contributed by atoms with Crippen molar-refractivity contribution < 1.29 is 19.4 Å². The minimum Gasteiger partial charge on any atom is -0.372 e. The molecule has 0 spiro atoms. The lowest BCUT2D eigenvalue weighted by molar-refractivity contribution is -0.769. The standard InChI is InChI=1S/C10H17NO5S/c1-2-3-4-17-8-6-15-9-7(16-11(12)13)5-14-10(8)9/h7-10H,2-6H2,1H3/t7-,8+,9-,10-/m1/s1. The Bertz CT molecular complexity index is 277. The number of ether oxygens (including phenoxy) is 2. The van der Waals surface area contributed by atoms with Crippen molar-refractivity contribution in [2.24, 2.45) is 0 Å². The number of thioether (sulfide) groups is 1. The van der Waals surface area contributed by atoms with Gasteiger partial charge in [0.15, 0.2) is 6.10 Å². The summed E-state index contributed by atoms with van der Waals surface area (Å²) in [5.74, 6) is 1.08. The van der Waals surface area contributed by atoms with Crippen molar-refractivity contribution in [3.63, 3.8) is 0 Å². The number of hydrogen-bond acceptors (Lipinski definition) is 6. The molecule has 0 aliphatic carbocycles. The maximum atomic E-state index is 10.3. The van der Waals surface area contributed by atoms with Crippen molar-refractivity contribution >= 4 is 11.8 Å². The molecule has 0 bridgehead atoms. The van der Waals surface area contributed by atoms with Crippen molar-refractivity contribution in [2.45, 2.75) is 43.3 Å². The average Bonchev–Trinajstić information content (AvgIpc) is 2.83. The molecule has 2 fully saturated rings. The van der Waals surface area contributed by atoms with Crippen LogP contribution in [0.5, 0.6) is 0 Å². The minimum absolute atomic E-state index is 0.0539. The molecule has 0 unspecified atom stereocenters. The summed E-state index contributed by atoms with van der Waals surface area (Å²) in [4.78, 5) is 14.9. The van der Waals surface area contributed by atoms with Crippen LogP contribution in [0.2, 0.25) is 0 Å². The highest BCUT2D eigenvalue weighted by atomic mass is 32.2. The molecule has 2 rings (SSSR count). The van der Waals surface area contributed by atoms with Gasteiger partial charge in [0.05, 0.1) is 18.5 Å². The fourth-order valence-corrected chi connectivity index (χ4v) is 3.51. The van der Waals surface area contributed by atoms with Crippen LogP contribution in [0, 0.1) is 10.1 Å². The lowest BCUT2D eigenvalue weighted by Crippen LogP contribution is -2.33. The lowest BCUT2D eigenvalue weighted by Gasteiger charge is -2.15. The molecule has 0 aromatic heterocycles. The van der Waals surface area contributed by atoms with Crippen molar-refractivity contribution in [3.8, 4) is 0 Å². The molecule has 0 aromatic rings. The van der Waals surface area contributed by atoms with Crippen LogP contribution in [0.25, 0.3) is 0 Å². The van der Waals surface area contributed by atoms with E-state index in [1.165, 1.54) is 12.8 Å². The number of fused-ring (bicyclic) bond motifs is 1. The first kappa shape index (κ1) is 12.9. The third-order valence-corrected chi connectivity index (χ3v) is 4.37. The summed E-state index contributed by atoms with van der Waals surface area (Å²) in [5.41, 5.74) is 0. The van der Waals surface area contributed by atoms with Crippen LogP contribution in [-0.4, -0.2) is 47.6 Å². The Morgan fingerprint density at radius 3 is 2.88 bits per heavy atom. The van der Waals surface area contributed by atoms with Crippen LogP contribution in [0.15, 0.2) is 0 Å². The second-order valence-corrected chi connectivity index (χ2v) is 5.57. The van der Waals surface area contributed by atoms with E-state index in [2.05, 4.69) is 11.8 Å². The summed E-state index contributed by atoms with van der Waals surface area (Å²) < 4.78 is 11.1. The van der Waals surface area contributed by atoms with Crippen molar-refractivity contribution in [1.29, 1.82) is 0 Å². The molecular weight excluding hydrogens is 246 g/mol. The van der Waals surface area contributed by atoms with Crippen LogP contribution in [0.1, 0.15) is 19.8 Å². The zero-order valence-corrected chi connectivity index (χ0v) is 10.6. The van der Waals surface area contributed by atoms with Gasteiger partial charge in [0.2, 0.25) is 0 Å². The number of unbranched alkanes of at least 4 members (excludes halogenated alkanes) is 1. The van der Waals surface area contributed by atoms with Gasteiger partial charge < -0.3 is 14.3 Å². The average molecular weight is 263 g/mol. The van der Waals surface area contributed by atoms with Gasteiger partial charge in [-0.05, 0) is 12.2 Å². The highest BCUT2D eigenvalue weighted by Gasteiger charge is 2.49. The van der Waals surface area contributed by atoms with Crippen molar-refractivity contribution in [3.05, 3.63) is 10.1 Å². The highest BCUT2D eigenvalue weighted by molar-refractivity contribution is 8.00. The molecule has 6 nitrogen and oxygen atoms in total. The van der Waals surface area contributed by atoms with E-state index in [0.29, 0.717) is 6.61 Å². The summed E-state index contributed by atoms with van der Waals surface area (Å²) in [6.45, 7) is 3.00. The van der Waals surface area contributed by atoms with Gasteiger partial charge in [-0.1, -0.05) is 13.3 Å². The second-order valence-electron chi connectivity index (χ2n) is 4.23. The van der Waals surface area contributed by atoms with Gasteiger partial charge in [0.25, 0.3) is 5.09 Å². The molecule has 2 saturated heterocycles. The van der Waals surface area contributed by atoms with Gasteiger partial charge >= 0.3 is 0 Å². The van der Waals surface area contributed by atoms with Crippen molar-refractivity contribution in [1.82, 2.24) is 0 Å². The quantitative estimate of drug-likeness (QED) is 0.408. The maximum absolute atomic E-state index is 10.3. The third-order valence-electron chi connectivity index (χ3n) is 3.01. The van der Waals surface area contributed by atoms with E-state index in [4.69, 9.17) is 9.47 Å². The SMILES string of the molecule is CCCCS[C@H]1CO[C@H]2[C@@H]1OC[C@H]2O[N+](=O)[O-]. The zero-order chi connectivity index (χ0) is 12.3. The van der Waals surface area contributed by atoms with E-state index in [9.17, 15) is 10.1 Å². The molecule has 0 N–H and O–H groups in total. The van der Waals surface area contributed by atoms with Gasteiger partial charge in [0.1, 0.15) is 12.2 Å². The molecule has 7 heteroatoms. The van der Waals surface area contributed by atoms with E-state index in [1.54, 1.807) is 0 Å². The first-order valence-electron chi connectivity index (χ1n) is 5.88. The highest BCUT2D eigenvalue weighted by Crippen LogP contribution is 2.35. The molecule has 2 heterocycles. The molecule has 98 valence electrons. The number of nitrogens with zero attached hydrogens (tertiary/aromatic N) is 1. The van der Waals surface area contributed by atoms with Crippen LogP contribution in [0.4, 0.5) is 0 Å². The van der Waals surface area contributed by atoms with E-state index in [0.717, 1.165) is 5.75 Å². The molecule has 0 amide bonds. The van der Waals surface area contributed by atoms with E-state index in [1.807, 2.05) is 11.8 Å². The van der Waals surface area contributed by atoms with Gasteiger partial charge in [0, 0.05) is 0 Å². The van der Waals surface area contributed by atoms with E-state index in [-0.39, 0.29) is 24.1 Å². The first-order valence-corrected chi connectivity index (χ1v) is 6.93. The third kappa shape index (κ3) is 3.02. The molecular formula is C10H17NO5S. The Morgan fingerprint density at radius 2 is 2.18 bits per heavy atom. The predicted molar refractivity (Wildman–Crippen MR) is 62.5 cm³/mol. The molecule has 0 saturated carbocycles. The predicted octanol–water partition coefficient (Wildman–Crippen LogP) is 1.26. The lowest BCUT2D eigenvalue weighted by atomic mass is 10.1. The number of rotatable bonds is 6. The van der Waals surface area contributed by atoms with E-state index < -0.39 is 11.2 Å². The molecule has 17 heavy (non-hydrogen) atoms. The summed E-state index contributed by atoms with van der Waals surface area (Å²) in [6.07, 6.45) is 1.45. The fourth-order valence-electron chi connectivity index (χ4n) is 2.15. The molecule has 4 atom stereocenters. The van der Waals surface area contributed by atoms with Gasteiger partial charge in [-0.2, -0.15) is 11.8 Å². The Hall–Kier alpha value is -0.530. The number of hydrogen-bond donors (Lipinski definition) is 0. The topological polar surface area (TPSA) is 70.8 Å².